The Kier molecular flexibility index (Phi) is 4.88. The fraction of sp³-hybridized carbons (Fsp3) is 0.200. The van der Waals surface area contributed by atoms with Gasteiger partial charge in [-0.1, -0.05) is 30.3 Å². The molecule has 4 rings (SSSR count). The molecule has 0 amide bonds. The first-order chi connectivity index (χ1) is 14.7. The van der Waals surface area contributed by atoms with Crippen LogP contribution in [0.15, 0.2) is 58.3 Å². The molecule has 0 aliphatic carbocycles. The molecule has 0 saturated carbocycles. The van der Waals surface area contributed by atoms with E-state index in [1.54, 1.807) is 43.6 Å². The van der Waals surface area contributed by atoms with E-state index in [-0.39, 0.29) is 17.2 Å². The van der Waals surface area contributed by atoms with E-state index in [4.69, 9.17) is 5.73 Å². The van der Waals surface area contributed by atoms with Crippen LogP contribution in [0.2, 0.25) is 0 Å². The van der Waals surface area contributed by atoms with Gasteiger partial charge in [0.2, 0.25) is 11.5 Å². The lowest BCUT2D eigenvalue weighted by Crippen LogP contribution is -2.25. The first kappa shape index (κ1) is 20.4. The molecule has 2 N–H and O–H groups in total. The van der Waals surface area contributed by atoms with Gasteiger partial charge in [0.25, 0.3) is 0 Å². The molecule has 8 nitrogen and oxygen atoms in total. The zero-order valence-electron chi connectivity index (χ0n) is 16.3. The van der Waals surface area contributed by atoms with Crippen LogP contribution in [0, 0.1) is 0 Å². The molecule has 3 heterocycles. The van der Waals surface area contributed by atoms with Crippen LogP contribution < -0.4 is 17.0 Å². The van der Waals surface area contributed by atoms with E-state index >= 15 is 0 Å². The van der Waals surface area contributed by atoms with Gasteiger partial charge >= 0.3 is 11.9 Å². The predicted octanol–water partition coefficient (Wildman–Crippen LogP) is 2.46. The molecule has 0 saturated heterocycles. The SMILES string of the molecule is Cn1cc(-c2c(-c3ccccc3)nc(N)n3c(=O)n(CCC(F)(F)F)nc23)ccc1=O. The number of hydrogen-bond donors (Lipinski definition) is 1. The Morgan fingerprint density at radius 2 is 1.74 bits per heavy atom. The van der Waals surface area contributed by atoms with Gasteiger partial charge in [-0.25, -0.2) is 18.9 Å². The van der Waals surface area contributed by atoms with Gasteiger partial charge in [-0.15, -0.1) is 5.10 Å². The Labute approximate surface area is 173 Å². The summed E-state index contributed by atoms with van der Waals surface area (Å²) in [4.78, 5) is 29.0. The van der Waals surface area contributed by atoms with Gasteiger partial charge in [0.1, 0.15) is 0 Å². The molecule has 1 aromatic carbocycles. The number of pyridine rings is 1. The predicted molar refractivity (Wildman–Crippen MR) is 108 cm³/mol. The van der Waals surface area contributed by atoms with Gasteiger partial charge < -0.3 is 10.3 Å². The van der Waals surface area contributed by atoms with E-state index < -0.39 is 24.8 Å². The van der Waals surface area contributed by atoms with Gasteiger partial charge in [0.05, 0.1) is 24.2 Å². The van der Waals surface area contributed by atoms with Crippen LogP contribution in [0.1, 0.15) is 6.42 Å². The molecule has 4 aromatic rings. The van der Waals surface area contributed by atoms with Crippen LogP contribution in [0.4, 0.5) is 19.1 Å². The summed E-state index contributed by atoms with van der Waals surface area (Å²) in [5, 5.41) is 4.15. The van der Waals surface area contributed by atoms with Crippen molar-refractivity contribution in [2.75, 3.05) is 5.73 Å². The second-order valence-electron chi connectivity index (χ2n) is 6.96. The number of hydrogen-bond acceptors (Lipinski definition) is 5. The molecule has 0 bridgehead atoms. The molecule has 0 spiro atoms. The van der Waals surface area contributed by atoms with E-state index in [0.29, 0.717) is 22.4 Å². The van der Waals surface area contributed by atoms with Gasteiger partial charge in [-0.3, -0.25) is 4.79 Å². The second kappa shape index (κ2) is 7.42. The van der Waals surface area contributed by atoms with Gasteiger partial charge in [0.15, 0.2) is 5.65 Å². The molecule has 3 aromatic heterocycles. The van der Waals surface area contributed by atoms with Crippen LogP contribution in [0.25, 0.3) is 28.0 Å². The fourth-order valence-corrected chi connectivity index (χ4v) is 3.29. The number of nitrogen functional groups attached to an aromatic ring is 1. The number of anilines is 1. The van der Waals surface area contributed by atoms with E-state index in [0.717, 1.165) is 9.08 Å². The summed E-state index contributed by atoms with van der Waals surface area (Å²) in [5.74, 6) is -0.203. The number of nitrogens with two attached hydrogens (primary N) is 1. The normalized spacial score (nSPS) is 11.9. The monoisotopic (exact) mass is 430 g/mol. The van der Waals surface area contributed by atoms with Crippen molar-refractivity contribution in [2.24, 2.45) is 7.05 Å². The number of benzene rings is 1. The number of alkyl halides is 3. The van der Waals surface area contributed by atoms with Gasteiger partial charge in [-0.2, -0.15) is 13.2 Å². The molecule has 0 atom stereocenters. The zero-order chi connectivity index (χ0) is 22.3. The van der Waals surface area contributed by atoms with E-state index in [1.807, 2.05) is 6.07 Å². The minimum Gasteiger partial charge on any atom is -0.369 e. The number of halogens is 3. The quantitative estimate of drug-likeness (QED) is 0.536. The number of aryl methyl sites for hydroxylation is 2. The molecule has 160 valence electrons. The first-order valence-corrected chi connectivity index (χ1v) is 9.24. The van der Waals surface area contributed by atoms with E-state index in [2.05, 4.69) is 10.1 Å². The maximum Gasteiger partial charge on any atom is 0.390 e. The average Bonchev–Trinajstić information content (AvgIpc) is 3.05. The lowest BCUT2D eigenvalue weighted by molar-refractivity contribution is -0.137. The third kappa shape index (κ3) is 3.81. The Balaban J connectivity index is 2.05. The molecular formula is C20H17F3N6O2. The Bertz CT molecular complexity index is 1390. The Morgan fingerprint density at radius 1 is 1.03 bits per heavy atom. The van der Waals surface area contributed by atoms with Crippen molar-refractivity contribution >= 4 is 11.6 Å². The van der Waals surface area contributed by atoms with Crippen molar-refractivity contribution in [1.29, 1.82) is 0 Å². The Morgan fingerprint density at radius 3 is 2.39 bits per heavy atom. The molecule has 0 aliphatic rings. The first-order valence-electron chi connectivity index (χ1n) is 9.24. The van der Waals surface area contributed by atoms with Crippen molar-refractivity contribution < 1.29 is 13.2 Å². The van der Waals surface area contributed by atoms with Crippen LogP contribution in [-0.4, -0.2) is 29.9 Å². The van der Waals surface area contributed by atoms with Crippen molar-refractivity contribution in [3.8, 4) is 22.4 Å². The lowest BCUT2D eigenvalue weighted by atomic mass is 10.0. The van der Waals surface area contributed by atoms with Crippen molar-refractivity contribution in [3.63, 3.8) is 0 Å². The fourth-order valence-electron chi connectivity index (χ4n) is 3.29. The van der Waals surface area contributed by atoms with Crippen LogP contribution >= 0.6 is 0 Å². The maximum atomic E-state index is 12.7. The highest BCUT2D eigenvalue weighted by Crippen LogP contribution is 2.33. The molecule has 31 heavy (non-hydrogen) atoms. The van der Waals surface area contributed by atoms with Crippen LogP contribution in [0.5, 0.6) is 0 Å². The van der Waals surface area contributed by atoms with Gasteiger partial charge in [-0.05, 0) is 6.07 Å². The van der Waals surface area contributed by atoms with Crippen LogP contribution in [0.3, 0.4) is 0 Å². The Hall–Kier alpha value is -3.89. The zero-order valence-corrected chi connectivity index (χ0v) is 16.3. The summed E-state index contributed by atoms with van der Waals surface area (Å²) in [5.41, 5.74) is 6.92. The van der Waals surface area contributed by atoms with E-state index in [1.165, 1.54) is 10.6 Å². The number of rotatable bonds is 4. The summed E-state index contributed by atoms with van der Waals surface area (Å²) in [6.45, 7) is -0.656. The highest BCUT2D eigenvalue weighted by atomic mass is 19.4. The minimum atomic E-state index is -4.45. The summed E-state index contributed by atoms with van der Waals surface area (Å²) < 4.78 is 41.1. The second-order valence-corrected chi connectivity index (χ2v) is 6.96. The van der Waals surface area contributed by atoms with Crippen LogP contribution in [-0.2, 0) is 13.6 Å². The van der Waals surface area contributed by atoms with Crippen molar-refractivity contribution in [1.82, 2.24) is 23.7 Å². The highest BCUT2D eigenvalue weighted by molar-refractivity contribution is 5.90. The molecule has 0 fully saturated rings. The highest BCUT2D eigenvalue weighted by Gasteiger charge is 2.28. The van der Waals surface area contributed by atoms with Gasteiger partial charge in [0, 0.05) is 30.4 Å². The number of nitrogens with zero attached hydrogens (tertiary/aromatic N) is 5. The molecule has 0 aliphatic heterocycles. The molecule has 0 radical (unpaired) electrons. The molecular weight excluding hydrogens is 413 g/mol. The van der Waals surface area contributed by atoms with Crippen molar-refractivity contribution in [3.05, 3.63) is 69.5 Å². The largest absolute Gasteiger partial charge is 0.390 e. The number of fused-ring (bicyclic) bond motifs is 1. The number of aromatic nitrogens is 5. The summed E-state index contributed by atoms with van der Waals surface area (Å²) >= 11 is 0. The summed E-state index contributed by atoms with van der Waals surface area (Å²) in [6, 6.07) is 11.8. The lowest BCUT2D eigenvalue weighted by Gasteiger charge is -2.12. The molecule has 0 unspecified atom stereocenters. The average molecular weight is 430 g/mol. The minimum absolute atomic E-state index is 0.0529. The molecule has 11 heteroatoms. The standard InChI is InChI=1S/C20H17F3N6O2/c1-27-11-13(7-8-14(27)30)15-16(12-5-3-2-4-6-12)25-18(24)29-17(15)26-28(19(29)31)10-9-20(21,22)23/h2-8,11H,9-10H2,1H3,(H2,24,25). The topological polar surface area (TPSA) is 100 Å². The summed E-state index contributed by atoms with van der Waals surface area (Å²) in [6.07, 6.45) is -4.12. The third-order valence-electron chi connectivity index (χ3n) is 4.78. The van der Waals surface area contributed by atoms with Crippen molar-refractivity contribution in [2.45, 2.75) is 19.1 Å². The van der Waals surface area contributed by atoms with E-state index in [9.17, 15) is 22.8 Å². The maximum absolute atomic E-state index is 12.7. The smallest absolute Gasteiger partial charge is 0.369 e. The third-order valence-corrected chi connectivity index (χ3v) is 4.78. The summed E-state index contributed by atoms with van der Waals surface area (Å²) in [7, 11) is 1.56.